The molecule has 0 radical (unpaired) electrons. The summed E-state index contributed by atoms with van der Waals surface area (Å²) in [6.45, 7) is 0. The summed E-state index contributed by atoms with van der Waals surface area (Å²) in [7, 11) is 0. The Morgan fingerprint density at radius 2 is 1.82 bits per heavy atom. The molecule has 0 aliphatic carbocycles. The van der Waals surface area contributed by atoms with Crippen LogP contribution in [0.25, 0.3) is 11.1 Å². The second-order valence-electron chi connectivity index (χ2n) is 5.97. The summed E-state index contributed by atoms with van der Waals surface area (Å²) < 4.78 is 80.4. The summed E-state index contributed by atoms with van der Waals surface area (Å²) in [6.07, 6.45) is -11.0. The molecule has 1 heterocycles. The van der Waals surface area contributed by atoms with Crippen LogP contribution in [0.1, 0.15) is 34.3 Å². The Balaban J connectivity index is 2.29. The van der Waals surface area contributed by atoms with E-state index in [4.69, 9.17) is 5.73 Å². The Morgan fingerprint density at radius 3 is 2.36 bits per heavy atom. The Labute approximate surface area is 154 Å². The minimum Gasteiger partial charge on any atom is -0.382 e. The molecule has 3 rings (SSSR count). The van der Waals surface area contributed by atoms with Crippen LogP contribution in [-0.4, -0.2) is 23.9 Å². The summed E-state index contributed by atoms with van der Waals surface area (Å²) in [5, 5.41) is 3.33. The number of alkyl halides is 5. The van der Waals surface area contributed by atoms with Crippen LogP contribution in [0.5, 0.6) is 0 Å². The molecule has 1 aliphatic heterocycles. The fourth-order valence-corrected chi connectivity index (χ4v) is 2.96. The zero-order valence-electron chi connectivity index (χ0n) is 13.9. The molecule has 0 spiro atoms. The Kier molecular flexibility index (Phi) is 5.05. The lowest BCUT2D eigenvalue weighted by atomic mass is 9.86. The fraction of sp³-hybridized carbons (Fsp3) is 0.222. The van der Waals surface area contributed by atoms with E-state index in [1.54, 1.807) is 0 Å². The zero-order valence-corrected chi connectivity index (χ0v) is 13.9. The van der Waals surface area contributed by atoms with Gasteiger partial charge in [-0.2, -0.15) is 13.2 Å². The zero-order chi connectivity index (χ0) is 20.6. The fourth-order valence-electron chi connectivity index (χ4n) is 2.96. The molecule has 4 nitrogen and oxygen atoms in total. The molecule has 0 saturated carbocycles. The van der Waals surface area contributed by atoms with Crippen LogP contribution in [0.2, 0.25) is 0 Å². The van der Waals surface area contributed by atoms with Crippen LogP contribution in [0, 0.1) is 5.82 Å². The second kappa shape index (κ2) is 7.17. The van der Waals surface area contributed by atoms with Crippen LogP contribution in [0.3, 0.4) is 0 Å². The van der Waals surface area contributed by atoms with E-state index in [1.807, 2.05) is 0 Å². The highest BCUT2D eigenvalue weighted by atomic mass is 19.4. The minimum absolute atomic E-state index is 0.325. The lowest BCUT2D eigenvalue weighted by molar-refractivity contribution is -0.212. The Bertz CT molecular complexity index is 956. The first-order valence-electron chi connectivity index (χ1n) is 7.90. The van der Waals surface area contributed by atoms with Crippen LogP contribution < -0.4 is 5.73 Å². The molecular formula is C18H12F6N2O2. The van der Waals surface area contributed by atoms with Crippen LogP contribution in [-0.2, 0) is 4.84 Å². The van der Waals surface area contributed by atoms with Gasteiger partial charge in [-0.15, -0.1) is 0 Å². The van der Waals surface area contributed by atoms with Crippen molar-refractivity contribution >= 4 is 11.6 Å². The van der Waals surface area contributed by atoms with Crippen molar-refractivity contribution in [1.82, 2.24) is 0 Å². The first-order chi connectivity index (χ1) is 13.1. The average molecular weight is 402 g/mol. The van der Waals surface area contributed by atoms with Gasteiger partial charge in [0, 0.05) is 34.2 Å². The number of primary amides is 1. The predicted molar refractivity (Wildman–Crippen MR) is 87.4 cm³/mol. The van der Waals surface area contributed by atoms with E-state index in [-0.39, 0.29) is 11.1 Å². The number of hydrogen-bond acceptors (Lipinski definition) is 3. The summed E-state index contributed by atoms with van der Waals surface area (Å²) in [4.78, 5) is 16.2. The maximum atomic E-state index is 14.4. The maximum absolute atomic E-state index is 14.4. The SMILES string of the molecule is NC(=O)c1ccc(C(F)F)c(-c2ccccc2F)c1C1=NOC(C(F)(F)F)C1. The summed E-state index contributed by atoms with van der Waals surface area (Å²) in [6, 6.07) is 6.67. The van der Waals surface area contributed by atoms with Gasteiger partial charge in [-0.1, -0.05) is 29.4 Å². The van der Waals surface area contributed by atoms with E-state index in [0.29, 0.717) is 0 Å². The molecular weight excluding hydrogens is 390 g/mol. The monoisotopic (exact) mass is 402 g/mol. The van der Waals surface area contributed by atoms with Gasteiger partial charge in [0.15, 0.2) is 0 Å². The quantitative estimate of drug-likeness (QED) is 0.761. The van der Waals surface area contributed by atoms with Crippen LogP contribution in [0.4, 0.5) is 26.3 Å². The number of nitrogens with two attached hydrogens (primary N) is 1. The minimum atomic E-state index is -4.77. The second-order valence-corrected chi connectivity index (χ2v) is 5.97. The van der Waals surface area contributed by atoms with E-state index >= 15 is 0 Å². The van der Waals surface area contributed by atoms with E-state index in [1.165, 1.54) is 18.2 Å². The highest BCUT2D eigenvalue weighted by Crippen LogP contribution is 2.40. The van der Waals surface area contributed by atoms with Crippen molar-refractivity contribution in [2.24, 2.45) is 10.9 Å². The van der Waals surface area contributed by atoms with Crippen molar-refractivity contribution in [1.29, 1.82) is 0 Å². The third-order valence-electron chi connectivity index (χ3n) is 4.20. The van der Waals surface area contributed by atoms with Crippen LogP contribution in [0.15, 0.2) is 41.6 Å². The maximum Gasteiger partial charge on any atom is 0.428 e. The number of carbonyl (C=O) groups is 1. The van der Waals surface area contributed by atoms with E-state index in [9.17, 15) is 31.1 Å². The molecule has 28 heavy (non-hydrogen) atoms. The van der Waals surface area contributed by atoms with Crippen molar-refractivity contribution in [2.45, 2.75) is 25.1 Å². The molecule has 0 bridgehead atoms. The van der Waals surface area contributed by atoms with Gasteiger partial charge in [0.05, 0.1) is 5.71 Å². The van der Waals surface area contributed by atoms with Gasteiger partial charge in [0.25, 0.3) is 6.43 Å². The first-order valence-corrected chi connectivity index (χ1v) is 7.90. The molecule has 2 N–H and O–H groups in total. The van der Waals surface area contributed by atoms with Crippen molar-refractivity contribution in [3.63, 3.8) is 0 Å². The van der Waals surface area contributed by atoms with Gasteiger partial charge >= 0.3 is 6.18 Å². The molecule has 10 heteroatoms. The van der Waals surface area contributed by atoms with E-state index in [0.717, 1.165) is 18.2 Å². The number of hydrogen-bond donors (Lipinski definition) is 1. The number of benzene rings is 2. The standard InChI is InChI=1S/C18H12F6N2O2/c19-11-4-2-1-3-8(11)14-9(16(20)21)5-6-10(17(25)27)15(14)12-7-13(28-26-12)18(22,23)24/h1-6,13,16H,7H2,(H2,25,27). The Morgan fingerprint density at radius 1 is 1.14 bits per heavy atom. The topological polar surface area (TPSA) is 64.7 Å². The van der Waals surface area contributed by atoms with Crippen molar-refractivity contribution in [3.05, 3.63) is 58.9 Å². The molecule has 0 saturated heterocycles. The van der Waals surface area contributed by atoms with Gasteiger partial charge in [0.2, 0.25) is 12.0 Å². The van der Waals surface area contributed by atoms with E-state index < -0.39 is 59.3 Å². The number of amides is 1. The molecule has 1 amide bonds. The van der Waals surface area contributed by atoms with Gasteiger partial charge in [-0.05, 0) is 12.1 Å². The first kappa shape index (κ1) is 19.7. The molecule has 2 aromatic carbocycles. The molecule has 1 aliphatic rings. The lowest BCUT2D eigenvalue weighted by Gasteiger charge is -2.18. The number of carbonyl (C=O) groups excluding carboxylic acids is 1. The van der Waals surface area contributed by atoms with Crippen molar-refractivity contribution in [3.8, 4) is 11.1 Å². The summed E-state index contributed by atoms with van der Waals surface area (Å²) >= 11 is 0. The molecule has 0 fully saturated rings. The van der Waals surface area contributed by atoms with Crippen LogP contribution >= 0.6 is 0 Å². The largest absolute Gasteiger partial charge is 0.428 e. The smallest absolute Gasteiger partial charge is 0.382 e. The summed E-state index contributed by atoms with van der Waals surface area (Å²) in [5.41, 5.74) is 2.64. The number of rotatable bonds is 4. The highest BCUT2D eigenvalue weighted by Gasteiger charge is 2.46. The normalized spacial score (nSPS) is 16.8. The highest BCUT2D eigenvalue weighted by molar-refractivity contribution is 6.15. The lowest BCUT2D eigenvalue weighted by Crippen LogP contribution is -2.29. The average Bonchev–Trinajstić information content (AvgIpc) is 3.11. The third-order valence-corrected chi connectivity index (χ3v) is 4.20. The molecule has 0 aromatic heterocycles. The van der Waals surface area contributed by atoms with Gasteiger partial charge in [-0.25, -0.2) is 13.2 Å². The molecule has 1 atom stereocenters. The van der Waals surface area contributed by atoms with Crippen molar-refractivity contribution < 1.29 is 36.0 Å². The summed E-state index contributed by atoms with van der Waals surface area (Å²) in [5.74, 6) is -1.99. The van der Waals surface area contributed by atoms with Gasteiger partial charge < -0.3 is 10.6 Å². The van der Waals surface area contributed by atoms with E-state index in [2.05, 4.69) is 9.99 Å². The van der Waals surface area contributed by atoms with Gasteiger partial charge in [0.1, 0.15) is 5.82 Å². The Hall–Kier alpha value is -3.04. The number of oxime groups is 1. The molecule has 2 aromatic rings. The molecule has 1 unspecified atom stereocenters. The predicted octanol–water partition coefficient (Wildman–Crippen LogP) is 4.58. The number of halogens is 6. The third kappa shape index (κ3) is 3.54. The van der Waals surface area contributed by atoms with Gasteiger partial charge in [-0.3, -0.25) is 4.79 Å². The number of nitrogens with zero attached hydrogens (tertiary/aromatic N) is 1. The molecule has 148 valence electrons. The van der Waals surface area contributed by atoms with Crippen molar-refractivity contribution in [2.75, 3.05) is 0 Å².